The second-order valence-electron chi connectivity index (χ2n) is 3.08. The number of hydrogen-bond acceptors (Lipinski definition) is 1. The molecule has 0 N–H and O–H groups in total. The molecule has 1 heterocycles. The van der Waals surface area contributed by atoms with Crippen LogP contribution >= 0.6 is 0 Å². The number of hydrogen-bond donors (Lipinski definition) is 0. The lowest BCUT2D eigenvalue weighted by atomic mass is 9.98. The van der Waals surface area contributed by atoms with Crippen molar-refractivity contribution in [2.24, 2.45) is 0 Å². The van der Waals surface area contributed by atoms with Gasteiger partial charge in [-0.15, -0.1) is 6.42 Å². The molecule has 0 saturated heterocycles. The first-order valence-electron chi connectivity index (χ1n) is 3.86. The van der Waals surface area contributed by atoms with Crippen LogP contribution in [0.3, 0.4) is 0 Å². The van der Waals surface area contributed by atoms with Crippen LogP contribution in [0, 0.1) is 18.2 Å². The predicted molar refractivity (Wildman–Crippen MR) is 43.9 cm³/mol. The van der Waals surface area contributed by atoms with E-state index in [9.17, 15) is 4.39 Å². The second-order valence-corrected chi connectivity index (χ2v) is 3.08. The van der Waals surface area contributed by atoms with E-state index in [2.05, 4.69) is 10.9 Å². The lowest BCUT2D eigenvalue weighted by molar-refractivity contribution is 0.594. The van der Waals surface area contributed by atoms with Crippen molar-refractivity contribution in [3.63, 3.8) is 0 Å². The van der Waals surface area contributed by atoms with Crippen LogP contribution in [-0.2, 0) is 5.41 Å². The smallest absolute Gasteiger partial charge is 0.146 e. The normalized spacial score (nSPS) is 18.3. The summed E-state index contributed by atoms with van der Waals surface area (Å²) >= 11 is 0. The number of halogens is 1. The summed E-state index contributed by atoms with van der Waals surface area (Å²) in [6, 6.07) is 1.67. The minimum atomic E-state index is -0.312. The molecule has 0 amide bonds. The maximum Gasteiger partial charge on any atom is 0.146 e. The van der Waals surface area contributed by atoms with Crippen LogP contribution in [0.2, 0.25) is 0 Å². The van der Waals surface area contributed by atoms with Crippen LogP contribution in [-0.4, -0.2) is 4.98 Å². The number of terminal acetylenes is 1. The fourth-order valence-electron chi connectivity index (χ4n) is 1.38. The summed E-state index contributed by atoms with van der Waals surface area (Å²) in [6.07, 6.45) is 9.91. The monoisotopic (exact) mass is 161 g/mol. The van der Waals surface area contributed by atoms with Crippen LogP contribution < -0.4 is 0 Å². The standard InChI is InChI=1S/C10H8FN/c1-2-10(4-5-10)8-3-6-12-7-9(8)11/h1,3,6-7H,4-5H2. The highest BCUT2D eigenvalue weighted by molar-refractivity contribution is 5.40. The molecule has 1 aliphatic carbocycles. The van der Waals surface area contributed by atoms with Crippen molar-refractivity contribution >= 4 is 0 Å². The van der Waals surface area contributed by atoms with E-state index in [0.717, 1.165) is 12.8 Å². The molecule has 0 spiro atoms. The molecule has 1 aromatic heterocycles. The molecule has 1 saturated carbocycles. The van der Waals surface area contributed by atoms with E-state index in [1.807, 2.05) is 0 Å². The third-order valence-electron chi connectivity index (χ3n) is 2.31. The van der Waals surface area contributed by atoms with Crippen LogP contribution in [0.25, 0.3) is 0 Å². The first-order valence-corrected chi connectivity index (χ1v) is 3.86. The van der Waals surface area contributed by atoms with E-state index < -0.39 is 0 Å². The Bertz CT molecular complexity index is 347. The summed E-state index contributed by atoms with van der Waals surface area (Å²) in [4.78, 5) is 3.68. The fourth-order valence-corrected chi connectivity index (χ4v) is 1.38. The molecular weight excluding hydrogens is 153 g/mol. The zero-order valence-corrected chi connectivity index (χ0v) is 6.55. The van der Waals surface area contributed by atoms with Gasteiger partial charge in [-0.05, 0) is 18.9 Å². The van der Waals surface area contributed by atoms with Gasteiger partial charge >= 0.3 is 0 Å². The molecule has 1 fully saturated rings. The first kappa shape index (κ1) is 7.30. The summed E-state index contributed by atoms with van der Waals surface area (Å²) < 4.78 is 13.2. The topological polar surface area (TPSA) is 12.9 Å². The molecule has 0 unspecified atom stereocenters. The Hall–Kier alpha value is -1.36. The molecule has 0 radical (unpaired) electrons. The Balaban J connectivity index is 2.48. The molecule has 1 aliphatic rings. The Morgan fingerprint density at radius 1 is 1.58 bits per heavy atom. The highest BCUT2D eigenvalue weighted by atomic mass is 19.1. The van der Waals surface area contributed by atoms with Gasteiger partial charge in [0.1, 0.15) is 5.82 Å². The van der Waals surface area contributed by atoms with Gasteiger partial charge in [-0.1, -0.05) is 5.92 Å². The van der Waals surface area contributed by atoms with Crippen molar-refractivity contribution in [1.29, 1.82) is 0 Å². The molecule has 0 aromatic carbocycles. The highest BCUT2D eigenvalue weighted by Crippen LogP contribution is 2.48. The Morgan fingerprint density at radius 3 is 2.83 bits per heavy atom. The number of rotatable bonds is 1. The van der Waals surface area contributed by atoms with Crippen molar-refractivity contribution in [3.05, 3.63) is 29.8 Å². The van der Waals surface area contributed by atoms with Gasteiger partial charge < -0.3 is 0 Å². The first-order chi connectivity index (χ1) is 5.78. The van der Waals surface area contributed by atoms with Gasteiger partial charge in [0.05, 0.1) is 11.6 Å². The Morgan fingerprint density at radius 2 is 2.33 bits per heavy atom. The van der Waals surface area contributed by atoms with E-state index in [0.29, 0.717) is 5.56 Å². The molecule has 0 bridgehead atoms. The maximum absolute atomic E-state index is 13.2. The summed E-state index contributed by atoms with van der Waals surface area (Å²) in [5.74, 6) is 2.36. The predicted octanol–water partition coefficient (Wildman–Crippen LogP) is 1.89. The van der Waals surface area contributed by atoms with Gasteiger partial charge in [-0.3, -0.25) is 4.98 Å². The summed E-state index contributed by atoms with van der Waals surface area (Å²) in [5.41, 5.74) is 0.313. The van der Waals surface area contributed by atoms with Gasteiger partial charge in [0.15, 0.2) is 0 Å². The van der Waals surface area contributed by atoms with Crippen molar-refractivity contribution < 1.29 is 4.39 Å². The van der Waals surface area contributed by atoms with Crippen molar-refractivity contribution in [2.75, 3.05) is 0 Å². The van der Waals surface area contributed by atoms with Gasteiger partial charge in [-0.2, -0.15) is 0 Å². The molecule has 1 aromatic rings. The van der Waals surface area contributed by atoms with Gasteiger partial charge in [0.25, 0.3) is 0 Å². The van der Waals surface area contributed by atoms with E-state index in [1.165, 1.54) is 6.20 Å². The molecular formula is C10H8FN. The molecule has 0 aliphatic heterocycles. The van der Waals surface area contributed by atoms with E-state index >= 15 is 0 Å². The lowest BCUT2D eigenvalue weighted by Crippen LogP contribution is -2.05. The average molecular weight is 161 g/mol. The number of nitrogens with zero attached hydrogens (tertiary/aromatic N) is 1. The number of aromatic nitrogens is 1. The summed E-state index contributed by atoms with van der Waals surface area (Å²) in [7, 11) is 0. The van der Waals surface area contributed by atoms with Crippen LogP contribution in [0.1, 0.15) is 18.4 Å². The van der Waals surface area contributed by atoms with Crippen LogP contribution in [0.4, 0.5) is 4.39 Å². The maximum atomic E-state index is 13.2. The van der Waals surface area contributed by atoms with Crippen molar-refractivity contribution in [3.8, 4) is 12.3 Å². The highest BCUT2D eigenvalue weighted by Gasteiger charge is 2.44. The largest absolute Gasteiger partial charge is 0.262 e. The van der Waals surface area contributed by atoms with Crippen molar-refractivity contribution in [1.82, 2.24) is 4.98 Å². The quantitative estimate of drug-likeness (QED) is 0.573. The van der Waals surface area contributed by atoms with E-state index in [-0.39, 0.29) is 11.2 Å². The average Bonchev–Trinajstić information content (AvgIpc) is 2.86. The van der Waals surface area contributed by atoms with Gasteiger partial charge in [-0.25, -0.2) is 4.39 Å². The summed E-state index contributed by atoms with van der Waals surface area (Å²) in [5, 5.41) is 0. The Kier molecular flexibility index (Phi) is 1.41. The third kappa shape index (κ3) is 0.902. The zero-order chi connectivity index (χ0) is 8.60. The molecule has 60 valence electrons. The SMILES string of the molecule is C#CC1(c2ccncc2F)CC1. The molecule has 1 nitrogen and oxygen atoms in total. The molecule has 12 heavy (non-hydrogen) atoms. The van der Waals surface area contributed by atoms with E-state index in [4.69, 9.17) is 6.42 Å². The third-order valence-corrected chi connectivity index (χ3v) is 2.31. The van der Waals surface area contributed by atoms with Crippen LogP contribution in [0.15, 0.2) is 18.5 Å². The Labute approximate surface area is 70.6 Å². The minimum Gasteiger partial charge on any atom is -0.262 e. The second kappa shape index (κ2) is 2.31. The molecule has 2 heteroatoms. The van der Waals surface area contributed by atoms with Crippen molar-refractivity contribution in [2.45, 2.75) is 18.3 Å². The number of pyridine rings is 1. The lowest BCUT2D eigenvalue weighted by Gasteiger charge is -2.07. The van der Waals surface area contributed by atoms with E-state index in [1.54, 1.807) is 12.3 Å². The fraction of sp³-hybridized carbons (Fsp3) is 0.300. The molecule has 0 atom stereocenters. The zero-order valence-electron chi connectivity index (χ0n) is 6.55. The van der Waals surface area contributed by atoms with Crippen LogP contribution in [0.5, 0.6) is 0 Å². The summed E-state index contributed by atoms with van der Waals surface area (Å²) in [6.45, 7) is 0. The van der Waals surface area contributed by atoms with Gasteiger partial charge in [0, 0.05) is 11.8 Å². The van der Waals surface area contributed by atoms with Gasteiger partial charge in [0.2, 0.25) is 0 Å². The minimum absolute atomic E-state index is 0.284. The molecule has 2 rings (SSSR count).